The lowest BCUT2D eigenvalue weighted by Crippen LogP contribution is -2.22. The molecule has 168 valence electrons. The Morgan fingerprint density at radius 2 is 1.73 bits per heavy atom. The van der Waals surface area contributed by atoms with Crippen molar-refractivity contribution in [3.05, 3.63) is 86.6 Å². The van der Waals surface area contributed by atoms with Gasteiger partial charge in [-0.25, -0.2) is 9.59 Å². The fraction of sp³-hybridized carbons (Fsp3) is 0.192. The molecular weight excluding hydrogens is 438 g/mol. The maximum absolute atomic E-state index is 13.1. The Labute approximate surface area is 194 Å². The summed E-state index contributed by atoms with van der Waals surface area (Å²) < 4.78 is 10.8. The number of aryl methyl sites for hydroxylation is 2. The van der Waals surface area contributed by atoms with Crippen LogP contribution in [0.2, 0.25) is 0 Å². The Balaban J connectivity index is 1.79. The zero-order valence-corrected chi connectivity index (χ0v) is 19.5. The third kappa shape index (κ3) is 4.59. The summed E-state index contributed by atoms with van der Waals surface area (Å²) in [6, 6.07) is 16.2. The zero-order chi connectivity index (χ0) is 23.7. The summed E-state index contributed by atoms with van der Waals surface area (Å²) in [5.74, 6) is -1.18. The van der Waals surface area contributed by atoms with Gasteiger partial charge in [-0.3, -0.25) is 4.79 Å². The van der Waals surface area contributed by atoms with Gasteiger partial charge in [0.2, 0.25) is 0 Å². The van der Waals surface area contributed by atoms with Crippen LogP contribution in [-0.2, 0) is 4.74 Å². The lowest BCUT2D eigenvalue weighted by Gasteiger charge is -2.12. The molecule has 4 rings (SSSR count). The quantitative estimate of drug-likeness (QED) is 0.293. The summed E-state index contributed by atoms with van der Waals surface area (Å²) in [7, 11) is 0. The van der Waals surface area contributed by atoms with Crippen molar-refractivity contribution in [3.8, 4) is 11.1 Å². The fourth-order valence-corrected chi connectivity index (χ4v) is 4.62. The van der Waals surface area contributed by atoms with Gasteiger partial charge in [0.05, 0.1) is 6.10 Å². The summed E-state index contributed by atoms with van der Waals surface area (Å²) >= 11 is 1.26. The van der Waals surface area contributed by atoms with Crippen LogP contribution in [0, 0.1) is 13.8 Å². The van der Waals surface area contributed by atoms with Crippen LogP contribution < -0.4 is 10.9 Å². The van der Waals surface area contributed by atoms with Gasteiger partial charge in [0.1, 0.15) is 21.7 Å². The van der Waals surface area contributed by atoms with E-state index in [0.29, 0.717) is 21.5 Å². The predicted molar refractivity (Wildman–Crippen MR) is 130 cm³/mol. The number of thiophene rings is 1. The van der Waals surface area contributed by atoms with Crippen LogP contribution in [0.3, 0.4) is 0 Å². The number of benzene rings is 2. The summed E-state index contributed by atoms with van der Waals surface area (Å²) in [6.45, 7) is 7.40. The van der Waals surface area contributed by atoms with Gasteiger partial charge in [-0.2, -0.15) is 0 Å². The molecule has 0 radical (unpaired) electrons. The van der Waals surface area contributed by atoms with Crippen LogP contribution in [0.25, 0.3) is 22.1 Å². The first-order valence-electron chi connectivity index (χ1n) is 10.5. The molecule has 0 atom stereocenters. The first-order valence-corrected chi connectivity index (χ1v) is 11.3. The highest BCUT2D eigenvalue weighted by Crippen LogP contribution is 2.40. The summed E-state index contributed by atoms with van der Waals surface area (Å²) in [5, 5.41) is 3.70. The standard InChI is InChI=1S/C26H23NO5S/c1-14(2)31-26(30)22-21(17-11-9-15(3)10-12-17)16(4)33-24(22)27-23(28)19-13-18-7-5-6-8-20(18)32-25(19)29/h5-14H,1-4H3,(H,27,28). The van der Waals surface area contributed by atoms with Crippen molar-refractivity contribution in [2.75, 3.05) is 5.32 Å². The highest BCUT2D eigenvalue weighted by Gasteiger charge is 2.27. The maximum Gasteiger partial charge on any atom is 0.349 e. The minimum Gasteiger partial charge on any atom is -0.459 e. The monoisotopic (exact) mass is 461 g/mol. The maximum atomic E-state index is 13.1. The first-order chi connectivity index (χ1) is 15.7. The molecule has 0 saturated carbocycles. The van der Waals surface area contributed by atoms with Crippen molar-refractivity contribution in [1.29, 1.82) is 0 Å². The number of esters is 1. The number of ether oxygens (including phenoxy) is 1. The highest BCUT2D eigenvalue weighted by molar-refractivity contribution is 7.17. The van der Waals surface area contributed by atoms with Gasteiger partial charge < -0.3 is 14.5 Å². The molecule has 2 heterocycles. The van der Waals surface area contributed by atoms with E-state index in [2.05, 4.69) is 5.32 Å². The molecule has 2 aromatic heterocycles. The number of fused-ring (bicyclic) bond motifs is 1. The van der Waals surface area contributed by atoms with Gasteiger partial charge in [-0.1, -0.05) is 48.0 Å². The molecule has 0 aliphatic heterocycles. The highest BCUT2D eigenvalue weighted by atomic mass is 32.1. The van der Waals surface area contributed by atoms with Crippen LogP contribution in [0.15, 0.2) is 63.8 Å². The van der Waals surface area contributed by atoms with Crippen molar-refractivity contribution >= 4 is 39.2 Å². The van der Waals surface area contributed by atoms with E-state index in [1.54, 1.807) is 38.1 Å². The number of rotatable bonds is 5. The number of hydrogen-bond donors (Lipinski definition) is 1. The number of nitrogens with one attached hydrogen (secondary N) is 1. The largest absolute Gasteiger partial charge is 0.459 e. The molecule has 2 aromatic carbocycles. The van der Waals surface area contributed by atoms with E-state index in [1.807, 2.05) is 38.1 Å². The normalized spacial score (nSPS) is 11.1. The minimum atomic E-state index is -0.746. The summed E-state index contributed by atoms with van der Waals surface area (Å²) in [4.78, 5) is 39.4. The second-order valence-corrected chi connectivity index (χ2v) is 9.22. The molecule has 4 aromatic rings. The van der Waals surface area contributed by atoms with E-state index in [4.69, 9.17) is 9.15 Å². The van der Waals surface area contributed by atoms with Gasteiger partial charge in [0.15, 0.2) is 0 Å². The number of amides is 1. The predicted octanol–water partition coefficient (Wildman–Crippen LogP) is 5.96. The molecular formula is C26H23NO5S. The third-order valence-electron chi connectivity index (χ3n) is 5.08. The molecule has 0 saturated heterocycles. The van der Waals surface area contributed by atoms with E-state index in [1.165, 1.54) is 17.4 Å². The topological polar surface area (TPSA) is 85.6 Å². The van der Waals surface area contributed by atoms with Gasteiger partial charge in [-0.05, 0) is 45.4 Å². The van der Waals surface area contributed by atoms with Gasteiger partial charge in [0.25, 0.3) is 5.91 Å². The third-order valence-corrected chi connectivity index (χ3v) is 6.11. The van der Waals surface area contributed by atoms with Crippen molar-refractivity contribution < 1.29 is 18.7 Å². The average Bonchev–Trinajstić information content (AvgIpc) is 3.08. The molecule has 1 N–H and O–H groups in total. The van der Waals surface area contributed by atoms with E-state index in [9.17, 15) is 14.4 Å². The second kappa shape index (κ2) is 9.03. The Morgan fingerprint density at radius 3 is 2.42 bits per heavy atom. The summed E-state index contributed by atoms with van der Waals surface area (Å²) in [6.07, 6.45) is -0.334. The molecule has 6 nitrogen and oxygen atoms in total. The van der Waals surface area contributed by atoms with E-state index in [0.717, 1.165) is 16.0 Å². The van der Waals surface area contributed by atoms with Crippen molar-refractivity contribution in [2.24, 2.45) is 0 Å². The lowest BCUT2D eigenvalue weighted by atomic mass is 10.0. The van der Waals surface area contributed by atoms with Crippen LogP contribution >= 0.6 is 11.3 Å². The Kier molecular flexibility index (Phi) is 6.16. The molecule has 0 aliphatic rings. The summed E-state index contributed by atoms with van der Waals surface area (Å²) in [5.41, 5.74) is 2.42. The Bertz CT molecular complexity index is 1410. The molecule has 0 bridgehead atoms. The van der Waals surface area contributed by atoms with Crippen LogP contribution in [0.5, 0.6) is 0 Å². The van der Waals surface area contributed by atoms with Crippen molar-refractivity contribution in [1.82, 2.24) is 0 Å². The van der Waals surface area contributed by atoms with Gasteiger partial charge in [-0.15, -0.1) is 11.3 Å². The Hall–Kier alpha value is -3.71. The first kappa shape index (κ1) is 22.5. The zero-order valence-electron chi connectivity index (χ0n) is 18.7. The van der Waals surface area contributed by atoms with Crippen LogP contribution in [-0.4, -0.2) is 18.0 Å². The number of hydrogen-bond acceptors (Lipinski definition) is 6. The van der Waals surface area contributed by atoms with Crippen molar-refractivity contribution in [3.63, 3.8) is 0 Å². The smallest absolute Gasteiger partial charge is 0.349 e. The fourth-order valence-electron chi connectivity index (χ4n) is 3.56. The molecule has 0 aliphatic carbocycles. The van der Waals surface area contributed by atoms with Gasteiger partial charge >= 0.3 is 11.6 Å². The molecule has 0 unspecified atom stereocenters. The number of carbonyl (C=O) groups is 2. The minimum absolute atomic E-state index is 0.139. The molecule has 0 spiro atoms. The van der Waals surface area contributed by atoms with Crippen molar-refractivity contribution in [2.45, 2.75) is 33.8 Å². The van der Waals surface area contributed by atoms with Crippen LogP contribution in [0.4, 0.5) is 5.00 Å². The number of para-hydroxylation sites is 1. The van der Waals surface area contributed by atoms with E-state index in [-0.39, 0.29) is 17.2 Å². The van der Waals surface area contributed by atoms with E-state index < -0.39 is 17.5 Å². The molecule has 1 amide bonds. The molecule has 0 fully saturated rings. The molecule has 33 heavy (non-hydrogen) atoms. The van der Waals surface area contributed by atoms with Gasteiger partial charge in [0, 0.05) is 15.8 Å². The number of anilines is 1. The SMILES string of the molecule is Cc1ccc(-c2c(C)sc(NC(=O)c3cc4ccccc4oc3=O)c2C(=O)OC(C)C)cc1. The average molecular weight is 462 g/mol. The number of carbonyl (C=O) groups excluding carboxylic acids is 2. The second-order valence-electron chi connectivity index (χ2n) is 8.00. The van der Waals surface area contributed by atoms with Crippen LogP contribution in [0.1, 0.15) is 45.0 Å². The Morgan fingerprint density at radius 1 is 1.03 bits per heavy atom. The lowest BCUT2D eigenvalue weighted by molar-refractivity contribution is 0.0380. The molecule has 7 heteroatoms. The van der Waals surface area contributed by atoms with E-state index >= 15 is 0 Å².